The van der Waals surface area contributed by atoms with Crippen molar-refractivity contribution >= 4 is 52.7 Å². The van der Waals surface area contributed by atoms with E-state index < -0.39 is 30.4 Å². The number of thioether (sulfide) groups is 2. The maximum absolute atomic E-state index is 13.3. The van der Waals surface area contributed by atoms with E-state index in [2.05, 4.69) is 71.7 Å². The fraction of sp³-hybridized carbons (Fsp3) is 0.447. The van der Waals surface area contributed by atoms with Crippen LogP contribution < -0.4 is 29.7 Å². The van der Waals surface area contributed by atoms with Crippen LogP contribution in [-0.2, 0) is 14.4 Å². The molecule has 1 heterocycles. The molecular weight excluding hydrogens is 703 g/mol. The molecule has 0 aliphatic carbocycles. The van der Waals surface area contributed by atoms with E-state index in [9.17, 15) is 14.4 Å². The standard InChI is InChI=1S/C38H51N5O7S2/c1-41(2)18-16-38(17-19-42(3)4)24-43(27-10-14-29(49-6)15-11-27)30-20-33(51-7)31(21-32(30)52-25-38)50-23-34(44)40-36(37(47)39-22-35(45)46)26-8-12-28(48-5)13-9-26/h8-15,20-21,36H,16-19,22-25H2,1-7H3,(H,39,47)(H,40,44)(H,45,46)/t36-/m1/s1. The summed E-state index contributed by atoms with van der Waals surface area (Å²) in [5, 5.41) is 14.2. The molecule has 52 heavy (non-hydrogen) atoms. The molecule has 0 spiro atoms. The van der Waals surface area contributed by atoms with Gasteiger partial charge >= 0.3 is 5.97 Å². The lowest BCUT2D eigenvalue weighted by Crippen LogP contribution is -2.43. The van der Waals surface area contributed by atoms with Crippen LogP contribution in [0.15, 0.2) is 70.5 Å². The lowest BCUT2D eigenvalue weighted by molar-refractivity contribution is -0.138. The van der Waals surface area contributed by atoms with Crippen molar-refractivity contribution in [2.75, 3.05) is 92.1 Å². The lowest BCUT2D eigenvalue weighted by Gasteiger charge is -2.39. The summed E-state index contributed by atoms with van der Waals surface area (Å²) < 4.78 is 16.9. The topological polar surface area (TPSA) is 133 Å². The van der Waals surface area contributed by atoms with Gasteiger partial charge in [-0.1, -0.05) is 12.1 Å². The first-order chi connectivity index (χ1) is 24.9. The van der Waals surface area contributed by atoms with Crippen molar-refractivity contribution < 1.29 is 33.7 Å². The van der Waals surface area contributed by atoms with Crippen molar-refractivity contribution in [3.8, 4) is 17.2 Å². The average molecular weight is 754 g/mol. The molecular formula is C38H51N5O7S2. The van der Waals surface area contributed by atoms with Crippen LogP contribution in [0.4, 0.5) is 11.4 Å². The third kappa shape index (κ3) is 11.2. The molecule has 14 heteroatoms. The highest BCUT2D eigenvalue weighted by Gasteiger charge is 2.37. The van der Waals surface area contributed by atoms with Gasteiger partial charge in [-0.2, -0.15) is 0 Å². The Bertz CT molecular complexity index is 1640. The third-order valence-electron chi connectivity index (χ3n) is 8.92. The second-order valence-corrected chi connectivity index (χ2v) is 15.2. The molecule has 0 aromatic heterocycles. The molecule has 0 unspecified atom stereocenters. The van der Waals surface area contributed by atoms with Crippen LogP contribution in [0.25, 0.3) is 0 Å². The molecule has 1 aliphatic rings. The number of carbonyl (C=O) groups is 3. The maximum atomic E-state index is 13.3. The van der Waals surface area contributed by atoms with Crippen molar-refractivity contribution in [3.63, 3.8) is 0 Å². The zero-order valence-corrected chi connectivity index (χ0v) is 32.7. The van der Waals surface area contributed by atoms with Crippen molar-refractivity contribution in [2.45, 2.75) is 28.7 Å². The number of carbonyl (C=O) groups excluding carboxylic acids is 2. The van der Waals surface area contributed by atoms with Gasteiger partial charge in [0.1, 0.15) is 29.8 Å². The van der Waals surface area contributed by atoms with Gasteiger partial charge in [0.25, 0.3) is 5.91 Å². The fourth-order valence-corrected chi connectivity index (χ4v) is 7.77. The summed E-state index contributed by atoms with van der Waals surface area (Å²) in [6.45, 7) is 1.82. The van der Waals surface area contributed by atoms with Gasteiger partial charge in [-0.25, -0.2) is 0 Å². The number of rotatable bonds is 18. The smallest absolute Gasteiger partial charge is 0.322 e. The number of nitrogens with zero attached hydrogens (tertiary/aromatic N) is 3. The molecule has 2 amide bonds. The predicted molar refractivity (Wildman–Crippen MR) is 208 cm³/mol. The minimum Gasteiger partial charge on any atom is -0.497 e. The Labute approximate surface area is 315 Å². The van der Waals surface area contributed by atoms with Crippen molar-refractivity contribution in [3.05, 3.63) is 66.2 Å². The van der Waals surface area contributed by atoms with Crippen LogP contribution in [0, 0.1) is 5.41 Å². The Kier molecular flexibility index (Phi) is 14.9. The van der Waals surface area contributed by atoms with E-state index in [-0.39, 0.29) is 12.0 Å². The summed E-state index contributed by atoms with van der Waals surface area (Å²) in [7, 11) is 11.7. The van der Waals surface area contributed by atoms with Crippen LogP contribution in [0.2, 0.25) is 0 Å². The summed E-state index contributed by atoms with van der Waals surface area (Å²) in [5.74, 6) is 0.452. The van der Waals surface area contributed by atoms with Crippen LogP contribution in [0.3, 0.4) is 0 Å². The molecule has 4 rings (SSSR count). The van der Waals surface area contributed by atoms with E-state index in [1.807, 2.05) is 36.2 Å². The van der Waals surface area contributed by atoms with Gasteiger partial charge in [0.05, 0.1) is 24.8 Å². The number of carboxylic acids is 1. The van der Waals surface area contributed by atoms with Crippen LogP contribution in [0.1, 0.15) is 24.4 Å². The largest absolute Gasteiger partial charge is 0.497 e. The Balaban J connectivity index is 1.64. The molecule has 0 bridgehead atoms. The average Bonchev–Trinajstić information content (AvgIpc) is 3.30. The Morgan fingerprint density at radius 3 is 2.08 bits per heavy atom. The van der Waals surface area contributed by atoms with E-state index in [4.69, 9.17) is 19.3 Å². The number of hydrogen-bond donors (Lipinski definition) is 3. The van der Waals surface area contributed by atoms with Gasteiger partial charge in [0.15, 0.2) is 6.61 Å². The van der Waals surface area contributed by atoms with E-state index in [1.54, 1.807) is 31.4 Å². The summed E-state index contributed by atoms with van der Waals surface area (Å²) in [5.41, 5.74) is 2.60. The number of ether oxygens (including phenoxy) is 3. The first-order valence-electron chi connectivity index (χ1n) is 17.0. The first-order valence-corrected chi connectivity index (χ1v) is 19.2. The summed E-state index contributed by atoms with van der Waals surface area (Å²) >= 11 is 3.34. The van der Waals surface area contributed by atoms with E-state index >= 15 is 0 Å². The molecule has 3 N–H and O–H groups in total. The highest BCUT2D eigenvalue weighted by atomic mass is 32.2. The zero-order valence-electron chi connectivity index (χ0n) is 31.1. The quantitative estimate of drug-likeness (QED) is 0.151. The number of methoxy groups -OCH3 is 2. The molecule has 282 valence electrons. The molecule has 12 nitrogen and oxygen atoms in total. The number of benzene rings is 3. The maximum Gasteiger partial charge on any atom is 0.322 e. The van der Waals surface area contributed by atoms with Gasteiger partial charge in [-0.05, 0) is 114 Å². The Hall–Kier alpha value is -4.11. The monoisotopic (exact) mass is 753 g/mol. The second-order valence-electron chi connectivity index (χ2n) is 13.3. The molecule has 0 fully saturated rings. The number of aliphatic carboxylic acids is 1. The number of amides is 2. The van der Waals surface area contributed by atoms with Crippen molar-refractivity contribution in [1.82, 2.24) is 20.4 Å². The third-order valence-corrected chi connectivity index (χ3v) is 11.1. The second kappa shape index (κ2) is 19.1. The van der Waals surface area contributed by atoms with E-state index in [0.717, 1.165) is 65.1 Å². The van der Waals surface area contributed by atoms with Gasteiger partial charge in [0.2, 0.25) is 5.91 Å². The van der Waals surface area contributed by atoms with Crippen LogP contribution >= 0.6 is 23.5 Å². The van der Waals surface area contributed by atoms with E-state index in [1.165, 1.54) is 18.9 Å². The summed E-state index contributed by atoms with van der Waals surface area (Å²) in [6, 6.07) is 17.8. The molecule has 0 saturated carbocycles. The number of anilines is 2. The predicted octanol–water partition coefficient (Wildman–Crippen LogP) is 5.00. The molecule has 3 aromatic rings. The van der Waals surface area contributed by atoms with Crippen molar-refractivity contribution in [1.29, 1.82) is 0 Å². The zero-order chi connectivity index (χ0) is 37.8. The number of hydrogen-bond acceptors (Lipinski definition) is 11. The van der Waals surface area contributed by atoms with E-state index in [0.29, 0.717) is 17.1 Å². The summed E-state index contributed by atoms with van der Waals surface area (Å²) in [4.78, 5) is 46.3. The fourth-order valence-electron chi connectivity index (χ4n) is 5.88. The molecule has 0 radical (unpaired) electrons. The molecule has 3 aromatic carbocycles. The minimum absolute atomic E-state index is 0.00371. The normalized spacial score (nSPS) is 14.3. The van der Waals surface area contributed by atoms with Gasteiger partial charge in [0, 0.05) is 28.3 Å². The molecule has 1 atom stereocenters. The van der Waals surface area contributed by atoms with Crippen LogP contribution in [-0.4, -0.2) is 120 Å². The molecule has 1 aliphatic heterocycles. The lowest BCUT2D eigenvalue weighted by atomic mass is 9.81. The Morgan fingerprint density at radius 1 is 0.942 bits per heavy atom. The molecule has 0 saturated heterocycles. The van der Waals surface area contributed by atoms with Crippen molar-refractivity contribution in [2.24, 2.45) is 5.41 Å². The van der Waals surface area contributed by atoms with Gasteiger partial charge in [-0.3, -0.25) is 14.4 Å². The van der Waals surface area contributed by atoms with Crippen LogP contribution in [0.5, 0.6) is 17.2 Å². The highest BCUT2D eigenvalue weighted by molar-refractivity contribution is 7.99. The summed E-state index contributed by atoms with van der Waals surface area (Å²) in [6.07, 6.45) is 4.02. The Morgan fingerprint density at radius 2 is 1.54 bits per heavy atom. The SMILES string of the molecule is COc1ccc([C@@H](NC(=O)COc2cc3c(cc2SC)N(c2ccc(OC)cc2)CC(CCN(C)C)(CCN(C)C)CS3)C(=O)NCC(=O)O)cc1. The minimum atomic E-state index is -1.19. The van der Waals surface area contributed by atoms with Gasteiger partial charge < -0.3 is 44.7 Å². The number of fused-ring (bicyclic) bond motifs is 1. The highest BCUT2D eigenvalue weighted by Crippen LogP contribution is 2.49. The number of nitrogens with one attached hydrogen (secondary N) is 2. The first kappa shape index (κ1) is 40.7. The number of carboxylic acid groups (broad SMARTS) is 1. The van der Waals surface area contributed by atoms with Gasteiger partial charge in [-0.15, -0.1) is 23.5 Å².